The summed E-state index contributed by atoms with van der Waals surface area (Å²) in [5, 5.41) is 9.88. The van der Waals surface area contributed by atoms with Crippen molar-refractivity contribution >= 4 is 11.8 Å². The summed E-state index contributed by atoms with van der Waals surface area (Å²) in [6.07, 6.45) is 0.597. The van der Waals surface area contributed by atoms with E-state index < -0.39 is 0 Å². The number of aromatic amines is 1. The molecule has 3 aromatic rings. The van der Waals surface area contributed by atoms with E-state index in [1.54, 1.807) is 19.9 Å². The second-order valence-electron chi connectivity index (χ2n) is 6.18. The van der Waals surface area contributed by atoms with Crippen LogP contribution in [-0.2, 0) is 13.0 Å². The SMILES string of the molecule is CCc1c(C)nc(-n2nc(C)cc2NC(=O)NCc2ccccc2)[nH]c1=O. The monoisotopic (exact) mass is 366 g/mol. The van der Waals surface area contributed by atoms with Crippen LogP contribution in [0.25, 0.3) is 5.95 Å². The number of hydrogen-bond donors (Lipinski definition) is 3. The number of urea groups is 1. The second-order valence-corrected chi connectivity index (χ2v) is 6.18. The maximum absolute atomic E-state index is 12.3. The van der Waals surface area contributed by atoms with Crippen molar-refractivity contribution in [3.63, 3.8) is 0 Å². The summed E-state index contributed by atoms with van der Waals surface area (Å²) in [5.74, 6) is 0.686. The Morgan fingerprint density at radius 3 is 2.63 bits per heavy atom. The summed E-state index contributed by atoms with van der Waals surface area (Å²) in [5.41, 5.74) is 2.76. The molecule has 0 fully saturated rings. The number of nitrogens with one attached hydrogen (secondary N) is 3. The summed E-state index contributed by atoms with van der Waals surface area (Å²) >= 11 is 0. The van der Waals surface area contributed by atoms with Crippen molar-refractivity contribution in [1.82, 2.24) is 25.1 Å². The van der Waals surface area contributed by atoms with Gasteiger partial charge in [-0.2, -0.15) is 9.78 Å². The van der Waals surface area contributed by atoms with Crippen LogP contribution in [0.15, 0.2) is 41.2 Å². The van der Waals surface area contributed by atoms with E-state index in [0.717, 1.165) is 5.56 Å². The molecule has 0 aliphatic carbocycles. The molecule has 2 aromatic heterocycles. The summed E-state index contributed by atoms with van der Waals surface area (Å²) < 4.78 is 1.42. The molecular weight excluding hydrogens is 344 g/mol. The van der Waals surface area contributed by atoms with E-state index in [9.17, 15) is 9.59 Å². The molecule has 27 heavy (non-hydrogen) atoms. The van der Waals surface area contributed by atoms with Gasteiger partial charge in [-0.05, 0) is 25.8 Å². The maximum atomic E-state index is 12.3. The van der Waals surface area contributed by atoms with Crippen LogP contribution in [0.5, 0.6) is 0 Å². The van der Waals surface area contributed by atoms with E-state index in [2.05, 4.69) is 25.7 Å². The molecule has 2 heterocycles. The zero-order valence-corrected chi connectivity index (χ0v) is 15.5. The molecule has 0 saturated heterocycles. The minimum Gasteiger partial charge on any atom is -0.334 e. The highest BCUT2D eigenvalue weighted by molar-refractivity contribution is 5.88. The number of nitrogens with zero attached hydrogens (tertiary/aromatic N) is 3. The van der Waals surface area contributed by atoms with Gasteiger partial charge in [-0.15, -0.1) is 0 Å². The normalized spacial score (nSPS) is 10.6. The first-order valence-corrected chi connectivity index (χ1v) is 8.73. The Bertz CT molecular complexity index is 1010. The van der Waals surface area contributed by atoms with Crippen LogP contribution < -0.4 is 16.2 Å². The number of anilines is 1. The van der Waals surface area contributed by atoms with Crippen molar-refractivity contribution in [3.8, 4) is 5.95 Å². The van der Waals surface area contributed by atoms with Crippen molar-refractivity contribution < 1.29 is 4.79 Å². The predicted octanol–water partition coefficient (Wildman–Crippen LogP) is 2.46. The average Bonchev–Trinajstić information content (AvgIpc) is 3.01. The standard InChI is InChI=1S/C19H22N6O2/c1-4-15-13(3)21-18(23-17(15)26)25-16(10-12(2)24-25)22-19(27)20-11-14-8-6-5-7-9-14/h5-10H,4,11H2,1-3H3,(H2,20,22,27)(H,21,23,26). The third-order valence-corrected chi connectivity index (χ3v) is 4.13. The Hall–Kier alpha value is -3.42. The highest BCUT2D eigenvalue weighted by Crippen LogP contribution is 2.14. The first-order chi connectivity index (χ1) is 13.0. The number of benzene rings is 1. The van der Waals surface area contributed by atoms with Gasteiger partial charge in [0.15, 0.2) is 0 Å². The molecule has 140 valence electrons. The molecule has 0 aliphatic rings. The summed E-state index contributed by atoms with van der Waals surface area (Å²) in [7, 11) is 0. The lowest BCUT2D eigenvalue weighted by molar-refractivity contribution is 0.251. The number of amides is 2. The van der Waals surface area contributed by atoms with Crippen LogP contribution in [0.3, 0.4) is 0 Å². The smallest absolute Gasteiger partial charge is 0.320 e. The van der Waals surface area contributed by atoms with E-state index in [-0.39, 0.29) is 17.5 Å². The van der Waals surface area contributed by atoms with Gasteiger partial charge < -0.3 is 5.32 Å². The molecule has 8 nitrogen and oxygen atoms in total. The average molecular weight is 366 g/mol. The molecular formula is C19H22N6O2. The van der Waals surface area contributed by atoms with Gasteiger partial charge in [0, 0.05) is 23.9 Å². The number of hydrogen-bond acceptors (Lipinski definition) is 4. The molecule has 2 amide bonds. The quantitative estimate of drug-likeness (QED) is 0.645. The number of aromatic nitrogens is 4. The number of rotatable bonds is 5. The lowest BCUT2D eigenvalue weighted by Crippen LogP contribution is -2.29. The number of aryl methyl sites for hydroxylation is 2. The van der Waals surface area contributed by atoms with Gasteiger partial charge in [-0.3, -0.25) is 15.1 Å². The molecule has 3 N–H and O–H groups in total. The zero-order valence-electron chi connectivity index (χ0n) is 15.5. The first-order valence-electron chi connectivity index (χ1n) is 8.73. The number of carbonyl (C=O) groups excluding carboxylic acids is 1. The predicted molar refractivity (Wildman–Crippen MR) is 103 cm³/mol. The largest absolute Gasteiger partial charge is 0.334 e. The van der Waals surface area contributed by atoms with Gasteiger partial charge in [0.1, 0.15) is 5.82 Å². The third kappa shape index (κ3) is 4.22. The van der Waals surface area contributed by atoms with Crippen LogP contribution >= 0.6 is 0 Å². The fraction of sp³-hybridized carbons (Fsp3) is 0.263. The van der Waals surface area contributed by atoms with Gasteiger partial charge in [0.2, 0.25) is 5.95 Å². The summed E-state index contributed by atoms with van der Waals surface area (Å²) in [4.78, 5) is 31.6. The van der Waals surface area contributed by atoms with Crippen molar-refractivity contribution in [2.45, 2.75) is 33.7 Å². The van der Waals surface area contributed by atoms with Crippen molar-refractivity contribution in [3.05, 3.63) is 69.3 Å². The van der Waals surface area contributed by atoms with Gasteiger partial charge in [0.05, 0.1) is 5.69 Å². The zero-order chi connectivity index (χ0) is 19.4. The third-order valence-electron chi connectivity index (χ3n) is 4.13. The van der Waals surface area contributed by atoms with Gasteiger partial charge >= 0.3 is 6.03 Å². The van der Waals surface area contributed by atoms with E-state index in [1.807, 2.05) is 37.3 Å². The fourth-order valence-corrected chi connectivity index (χ4v) is 2.80. The van der Waals surface area contributed by atoms with Crippen LogP contribution in [0, 0.1) is 13.8 Å². The molecule has 0 aliphatic heterocycles. The molecule has 1 aromatic carbocycles. The van der Waals surface area contributed by atoms with E-state index in [1.165, 1.54) is 4.68 Å². The highest BCUT2D eigenvalue weighted by Gasteiger charge is 2.14. The molecule has 0 saturated carbocycles. The van der Waals surface area contributed by atoms with Crippen LogP contribution in [0.4, 0.5) is 10.6 Å². The van der Waals surface area contributed by atoms with Gasteiger partial charge in [0.25, 0.3) is 5.56 Å². The molecule has 8 heteroatoms. The molecule has 0 atom stereocenters. The Morgan fingerprint density at radius 2 is 1.96 bits per heavy atom. The van der Waals surface area contributed by atoms with E-state index in [4.69, 9.17) is 0 Å². The molecule has 0 spiro atoms. The fourth-order valence-electron chi connectivity index (χ4n) is 2.80. The lowest BCUT2D eigenvalue weighted by atomic mass is 10.2. The first kappa shape index (κ1) is 18.4. The van der Waals surface area contributed by atoms with Crippen LogP contribution in [-0.4, -0.2) is 25.8 Å². The minimum absolute atomic E-state index is 0.201. The van der Waals surface area contributed by atoms with Gasteiger partial charge in [-0.1, -0.05) is 37.3 Å². The van der Waals surface area contributed by atoms with E-state index >= 15 is 0 Å². The lowest BCUT2D eigenvalue weighted by Gasteiger charge is -2.10. The summed E-state index contributed by atoms with van der Waals surface area (Å²) in [6, 6.07) is 11.0. The van der Waals surface area contributed by atoms with Crippen LogP contribution in [0.2, 0.25) is 0 Å². The topological polar surface area (TPSA) is 105 Å². The number of H-pyrrole nitrogens is 1. The van der Waals surface area contributed by atoms with Crippen molar-refractivity contribution in [2.24, 2.45) is 0 Å². The maximum Gasteiger partial charge on any atom is 0.320 e. The van der Waals surface area contributed by atoms with Crippen molar-refractivity contribution in [2.75, 3.05) is 5.32 Å². The minimum atomic E-state index is -0.371. The second kappa shape index (κ2) is 7.86. The Balaban J connectivity index is 1.80. The van der Waals surface area contributed by atoms with E-state index in [0.29, 0.717) is 35.7 Å². The van der Waals surface area contributed by atoms with Crippen molar-refractivity contribution in [1.29, 1.82) is 0 Å². The molecule has 0 radical (unpaired) electrons. The molecule has 0 bridgehead atoms. The molecule has 3 rings (SSSR count). The van der Waals surface area contributed by atoms with Crippen LogP contribution in [0.1, 0.15) is 29.4 Å². The Labute approximate surface area is 156 Å². The summed E-state index contributed by atoms with van der Waals surface area (Å²) in [6.45, 7) is 5.89. The van der Waals surface area contributed by atoms with Gasteiger partial charge in [-0.25, -0.2) is 9.78 Å². The Kier molecular flexibility index (Phi) is 5.35. The highest BCUT2D eigenvalue weighted by atomic mass is 16.2. The number of carbonyl (C=O) groups is 1. The Morgan fingerprint density at radius 1 is 1.22 bits per heavy atom. The molecule has 0 unspecified atom stereocenters.